The standard InChI is InChI=1S/C21H26ClFN4O/c1-28-8-2-7-27-12-14-9-17(10-15(14)13-27)24-21-6-5-20(25-26-21)18-11-16(23)3-4-19(18)22/h3-6,11,14-15,17H,2,7-10,12-13H2,1H3,(H,24,26)/t14-,15+,17+. The Morgan fingerprint density at radius 1 is 1.18 bits per heavy atom. The van der Waals surface area contributed by atoms with E-state index in [4.69, 9.17) is 16.3 Å². The number of rotatable bonds is 7. The van der Waals surface area contributed by atoms with Crippen molar-refractivity contribution >= 4 is 17.4 Å². The Hall–Kier alpha value is -1.76. The number of aromatic nitrogens is 2. The summed E-state index contributed by atoms with van der Waals surface area (Å²) in [7, 11) is 1.76. The van der Waals surface area contributed by atoms with Gasteiger partial charge in [0.1, 0.15) is 11.6 Å². The average molecular weight is 405 g/mol. The number of methoxy groups -OCH3 is 1. The van der Waals surface area contributed by atoms with Crippen molar-refractivity contribution in [2.75, 3.05) is 38.7 Å². The van der Waals surface area contributed by atoms with E-state index in [2.05, 4.69) is 20.4 Å². The van der Waals surface area contributed by atoms with Gasteiger partial charge in [-0.3, -0.25) is 0 Å². The molecule has 1 aliphatic heterocycles. The quantitative estimate of drug-likeness (QED) is 0.704. The first kappa shape index (κ1) is 19.6. The lowest BCUT2D eigenvalue weighted by atomic mass is 10.0. The molecule has 2 fully saturated rings. The fourth-order valence-corrected chi connectivity index (χ4v) is 4.80. The molecule has 2 heterocycles. The number of hydrogen-bond donors (Lipinski definition) is 1. The average Bonchev–Trinajstić information content (AvgIpc) is 3.23. The molecule has 1 aliphatic carbocycles. The Balaban J connectivity index is 1.31. The summed E-state index contributed by atoms with van der Waals surface area (Å²) in [5, 5.41) is 12.5. The van der Waals surface area contributed by atoms with Gasteiger partial charge in [-0.25, -0.2) is 4.39 Å². The summed E-state index contributed by atoms with van der Waals surface area (Å²) < 4.78 is 18.6. The number of likely N-dealkylation sites (tertiary alicyclic amines) is 1. The highest BCUT2D eigenvalue weighted by Crippen LogP contribution is 2.39. The second kappa shape index (κ2) is 8.72. The molecule has 2 aliphatic rings. The minimum Gasteiger partial charge on any atom is -0.385 e. The molecule has 5 nitrogen and oxygen atoms in total. The van der Waals surface area contributed by atoms with Crippen LogP contribution in [0.3, 0.4) is 0 Å². The maximum atomic E-state index is 13.5. The van der Waals surface area contributed by atoms with Gasteiger partial charge in [0.2, 0.25) is 0 Å². The van der Waals surface area contributed by atoms with Crippen LogP contribution in [0.5, 0.6) is 0 Å². The molecule has 0 unspecified atom stereocenters. The van der Waals surface area contributed by atoms with Gasteiger partial charge in [0.25, 0.3) is 0 Å². The Morgan fingerprint density at radius 2 is 1.96 bits per heavy atom. The predicted molar refractivity (Wildman–Crippen MR) is 109 cm³/mol. The molecule has 1 N–H and O–H groups in total. The molecule has 1 saturated heterocycles. The van der Waals surface area contributed by atoms with E-state index in [0.29, 0.717) is 22.3 Å². The SMILES string of the molecule is COCCCN1C[C@H]2C[C@H](Nc3ccc(-c4cc(F)ccc4Cl)nn3)C[C@H]2C1. The van der Waals surface area contributed by atoms with E-state index in [0.717, 1.165) is 37.2 Å². The van der Waals surface area contributed by atoms with Gasteiger partial charge in [0.15, 0.2) is 0 Å². The van der Waals surface area contributed by atoms with E-state index in [1.54, 1.807) is 7.11 Å². The fraction of sp³-hybridized carbons (Fsp3) is 0.524. The van der Waals surface area contributed by atoms with Crippen LogP contribution < -0.4 is 5.32 Å². The van der Waals surface area contributed by atoms with Crippen LogP contribution in [0.2, 0.25) is 5.02 Å². The van der Waals surface area contributed by atoms with Gasteiger partial charge in [-0.1, -0.05) is 11.6 Å². The molecule has 0 spiro atoms. The maximum Gasteiger partial charge on any atom is 0.148 e. The van der Waals surface area contributed by atoms with Crippen LogP contribution >= 0.6 is 11.6 Å². The van der Waals surface area contributed by atoms with Crippen molar-refractivity contribution in [2.45, 2.75) is 25.3 Å². The van der Waals surface area contributed by atoms with Crippen LogP contribution in [0.25, 0.3) is 11.3 Å². The third-order valence-corrected chi connectivity index (χ3v) is 6.20. The van der Waals surface area contributed by atoms with Gasteiger partial charge in [-0.15, -0.1) is 10.2 Å². The summed E-state index contributed by atoms with van der Waals surface area (Å²) in [6, 6.07) is 8.43. The Kier molecular flexibility index (Phi) is 6.09. The second-order valence-corrected chi connectivity index (χ2v) is 8.27. The van der Waals surface area contributed by atoms with Gasteiger partial charge in [-0.2, -0.15) is 0 Å². The predicted octanol–water partition coefficient (Wildman–Crippen LogP) is 4.09. The van der Waals surface area contributed by atoms with Crippen molar-refractivity contribution in [3.05, 3.63) is 41.2 Å². The molecule has 150 valence electrons. The summed E-state index contributed by atoms with van der Waals surface area (Å²) in [6.07, 6.45) is 3.45. The first-order valence-corrected chi connectivity index (χ1v) is 10.3. The van der Waals surface area contributed by atoms with Crippen molar-refractivity contribution < 1.29 is 9.13 Å². The zero-order valence-corrected chi connectivity index (χ0v) is 16.8. The highest BCUT2D eigenvalue weighted by molar-refractivity contribution is 6.33. The van der Waals surface area contributed by atoms with Crippen molar-refractivity contribution in [2.24, 2.45) is 11.8 Å². The highest BCUT2D eigenvalue weighted by Gasteiger charge is 2.40. The third kappa shape index (κ3) is 4.45. The van der Waals surface area contributed by atoms with Crippen LogP contribution in [-0.4, -0.2) is 54.5 Å². The summed E-state index contributed by atoms with van der Waals surface area (Å²) in [6.45, 7) is 4.35. The van der Waals surface area contributed by atoms with E-state index < -0.39 is 0 Å². The molecule has 1 aromatic carbocycles. The van der Waals surface area contributed by atoms with Gasteiger partial charge in [0, 0.05) is 45.0 Å². The van der Waals surface area contributed by atoms with Gasteiger partial charge in [-0.05, 0) is 61.4 Å². The molecule has 4 rings (SSSR count). The highest BCUT2D eigenvalue weighted by atomic mass is 35.5. The van der Waals surface area contributed by atoms with E-state index >= 15 is 0 Å². The third-order valence-electron chi connectivity index (χ3n) is 5.87. The number of benzene rings is 1. The van der Waals surface area contributed by atoms with Crippen molar-refractivity contribution in [1.29, 1.82) is 0 Å². The Bertz CT molecular complexity index is 789. The molecule has 2 aromatic rings. The molecule has 0 radical (unpaired) electrons. The van der Waals surface area contributed by atoms with Crippen LogP contribution in [0.1, 0.15) is 19.3 Å². The van der Waals surface area contributed by atoms with Crippen LogP contribution in [0, 0.1) is 17.7 Å². The van der Waals surface area contributed by atoms with Gasteiger partial charge < -0.3 is 15.0 Å². The molecule has 3 atom stereocenters. The zero-order chi connectivity index (χ0) is 19.5. The molecule has 1 saturated carbocycles. The minimum absolute atomic E-state index is 0.336. The molecular weight excluding hydrogens is 379 g/mol. The lowest BCUT2D eigenvalue weighted by molar-refractivity contribution is 0.177. The second-order valence-electron chi connectivity index (χ2n) is 7.87. The van der Waals surface area contributed by atoms with E-state index in [-0.39, 0.29) is 5.82 Å². The van der Waals surface area contributed by atoms with Crippen molar-refractivity contribution in [1.82, 2.24) is 15.1 Å². The lowest BCUT2D eigenvalue weighted by Crippen LogP contribution is -2.26. The van der Waals surface area contributed by atoms with E-state index in [1.807, 2.05) is 12.1 Å². The summed E-state index contributed by atoms with van der Waals surface area (Å²) in [5.74, 6) is 1.95. The first-order chi connectivity index (χ1) is 13.6. The number of anilines is 1. The zero-order valence-electron chi connectivity index (χ0n) is 16.1. The fourth-order valence-electron chi connectivity index (χ4n) is 4.59. The number of fused-ring (bicyclic) bond motifs is 1. The number of hydrogen-bond acceptors (Lipinski definition) is 5. The largest absolute Gasteiger partial charge is 0.385 e. The number of nitrogens with zero attached hydrogens (tertiary/aromatic N) is 3. The Morgan fingerprint density at radius 3 is 2.64 bits per heavy atom. The number of nitrogens with one attached hydrogen (secondary N) is 1. The van der Waals surface area contributed by atoms with E-state index in [9.17, 15) is 4.39 Å². The summed E-state index contributed by atoms with van der Waals surface area (Å²) in [5.41, 5.74) is 1.13. The van der Waals surface area contributed by atoms with Gasteiger partial charge in [0.05, 0.1) is 10.7 Å². The molecule has 0 amide bonds. The normalized spacial score (nSPS) is 24.5. The summed E-state index contributed by atoms with van der Waals surface area (Å²) >= 11 is 6.15. The monoisotopic (exact) mass is 404 g/mol. The minimum atomic E-state index is -0.336. The van der Waals surface area contributed by atoms with Crippen LogP contribution in [0.4, 0.5) is 10.2 Å². The maximum absolute atomic E-state index is 13.5. The van der Waals surface area contributed by atoms with Crippen LogP contribution in [-0.2, 0) is 4.74 Å². The molecule has 7 heteroatoms. The Labute approximate surface area is 170 Å². The molecule has 28 heavy (non-hydrogen) atoms. The smallest absolute Gasteiger partial charge is 0.148 e. The lowest BCUT2D eigenvalue weighted by Gasteiger charge is -2.19. The van der Waals surface area contributed by atoms with E-state index in [1.165, 1.54) is 44.1 Å². The first-order valence-electron chi connectivity index (χ1n) is 9.89. The summed E-state index contributed by atoms with van der Waals surface area (Å²) in [4.78, 5) is 2.57. The number of ether oxygens (including phenoxy) is 1. The molecule has 1 aromatic heterocycles. The van der Waals surface area contributed by atoms with Gasteiger partial charge >= 0.3 is 0 Å². The topological polar surface area (TPSA) is 50.3 Å². The number of halogens is 2. The van der Waals surface area contributed by atoms with Crippen LogP contribution in [0.15, 0.2) is 30.3 Å². The van der Waals surface area contributed by atoms with Crippen molar-refractivity contribution in [3.8, 4) is 11.3 Å². The van der Waals surface area contributed by atoms with Crippen molar-refractivity contribution in [3.63, 3.8) is 0 Å². The molecular formula is C21H26ClFN4O. The molecule has 0 bridgehead atoms.